The Kier molecular flexibility index (Phi) is 5.46. The van der Waals surface area contributed by atoms with Crippen LogP contribution >= 0.6 is 11.3 Å². The molecule has 2 rings (SSSR count). The molecule has 1 saturated heterocycles. The van der Waals surface area contributed by atoms with Gasteiger partial charge in [0.25, 0.3) is 10.0 Å². The van der Waals surface area contributed by atoms with Crippen molar-refractivity contribution in [2.75, 3.05) is 19.6 Å². The fourth-order valence-electron chi connectivity index (χ4n) is 2.45. The summed E-state index contributed by atoms with van der Waals surface area (Å²) in [4.78, 5) is 0. The number of hydrogen-bond donors (Lipinski definition) is 1. The van der Waals surface area contributed by atoms with E-state index >= 15 is 0 Å². The quantitative estimate of drug-likeness (QED) is 0.816. The largest absolute Gasteiger partial charge is 0.313 e. The van der Waals surface area contributed by atoms with Crippen LogP contribution < -0.4 is 5.32 Å². The van der Waals surface area contributed by atoms with Crippen molar-refractivity contribution >= 4 is 21.4 Å². The highest BCUT2D eigenvalue weighted by Crippen LogP contribution is 2.33. The first-order valence-corrected chi connectivity index (χ1v) is 9.95. The maximum Gasteiger partial charge on any atom is 0.252 e. The summed E-state index contributed by atoms with van der Waals surface area (Å²) in [6, 6.07) is 1.82. The highest BCUT2D eigenvalue weighted by Gasteiger charge is 2.33. The zero-order valence-corrected chi connectivity index (χ0v) is 14.8. The van der Waals surface area contributed by atoms with E-state index in [4.69, 9.17) is 0 Å². The fourth-order valence-corrected chi connectivity index (χ4v) is 5.25. The molecule has 0 atom stereocenters. The third kappa shape index (κ3) is 4.28. The van der Waals surface area contributed by atoms with Crippen LogP contribution in [0, 0.1) is 5.41 Å². The second-order valence-electron chi connectivity index (χ2n) is 6.52. The van der Waals surface area contributed by atoms with Gasteiger partial charge in [-0.05, 0) is 48.2 Å². The van der Waals surface area contributed by atoms with Crippen molar-refractivity contribution in [1.29, 1.82) is 0 Å². The Balaban J connectivity index is 2.03. The summed E-state index contributed by atoms with van der Waals surface area (Å²) < 4.78 is 27.4. The standard InChI is InChI=1S/C15H26N2O2S2/c1-4-7-16-11-13-10-14(20-12-13)21(18,19)17-8-5-15(2,3)6-9-17/h10,12,16H,4-9,11H2,1-3H3. The molecule has 1 aliphatic rings. The molecule has 6 heteroatoms. The molecule has 0 unspecified atom stereocenters. The van der Waals surface area contributed by atoms with Crippen LogP contribution in [0.4, 0.5) is 0 Å². The van der Waals surface area contributed by atoms with Gasteiger partial charge in [-0.3, -0.25) is 0 Å². The normalized spacial score (nSPS) is 19.8. The Morgan fingerprint density at radius 3 is 2.62 bits per heavy atom. The van der Waals surface area contributed by atoms with Crippen LogP contribution in [0.15, 0.2) is 15.7 Å². The summed E-state index contributed by atoms with van der Waals surface area (Å²) in [6.45, 7) is 9.51. The smallest absolute Gasteiger partial charge is 0.252 e. The predicted molar refractivity (Wildman–Crippen MR) is 88.1 cm³/mol. The molecule has 0 amide bonds. The highest BCUT2D eigenvalue weighted by molar-refractivity contribution is 7.91. The predicted octanol–water partition coefficient (Wildman–Crippen LogP) is 3.06. The van der Waals surface area contributed by atoms with Gasteiger partial charge in [-0.2, -0.15) is 4.31 Å². The molecule has 21 heavy (non-hydrogen) atoms. The maximum atomic E-state index is 12.7. The molecule has 1 fully saturated rings. The number of sulfonamides is 1. The lowest BCUT2D eigenvalue weighted by Crippen LogP contribution is -2.40. The Hall–Kier alpha value is -0.430. The van der Waals surface area contributed by atoms with E-state index in [9.17, 15) is 8.42 Å². The minimum atomic E-state index is -3.30. The average Bonchev–Trinajstić information content (AvgIpc) is 2.88. The second kappa shape index (κ2) is 6.77. The van der Waals surface area contributed by atoms with Crippen LogP contribution in [0.5, 0.6) is 0 Å². The van der Waals surface area contributed by atoms with E-state index in [-0.39, 0.29) is 5.41 Å². The van der Waals surface area contributed by atoms with Gasteiger partial charge in [0.1, 0.15) is 4.21 Å². The number of nitrogens with zero attached hydrogens (tertiary/aromatic N) is 1. The maximum absolute atomic E-state index is 12.7. The van der Waals surface area contributed by atoms with Crippen molar-refractivity contribution in [1.82, 2.24) is 9.62 Å². The number of piperidine rings is 1. The summed E-state index contributed by atoms with van der Waals surface area (Å²) in [5.41, 5.74) is 1.32. The molecule has 4 nitrogen and oxygen atoms in total. The van der Waals surface area contributed by atoms with E-state index in [1.807, 2.05) is 11.4 Å². The molecule has 0 bridgehead atoms. The van der Waals surface area contributed by atoms with Gasteiger partial charge in [-0.1, -0.05) is 20.8 Å². The topological polar surface area (TPSA) is 49.4 Å². The van der Waals surface area contributed by atoms with E-state index < -0.39 is 10.0 Å². The van der Waals surface area contributed by atoms with Crippen LogP contribution in [0.3, 0.4) is 0 Å². The summed E-state index contributed by atoms with van der Waals surface area (Å²) in [6.07, 6.45) is 2.95. The first kappa shape index (κ1) is 16.9. The van der Waals surface area contributed by atoms with Crippen molar-refractivity contribution < 1.29 is 8.42 Å². The molecule has 1 N–H and O–H groups in total. The molecule has 1 aromatic heterocycles. The zero-order chi connectivity index (χ0) is 15.5. The van der Waals surface area contributed by atoms with Crippen LogP contribution in [-0.2, 0) is 16.6 Å². The van der Waals surface area contributed by atoms with Gasteiger partial charge in [-0.15, -0.1) is 11.3 Å². The van der Waals surface area contributed by atoms with Crippen molar-refractivity contribution in [3.05, 3.63) is 17.0 Å². The lowest BCUT2D eigenvalue weighted by atomic mass is 9.83. The minimum absolute atomic E-state index is 0.261. The molecule has 2 heterocycles. The average molecular weight is 331 g/mol. The Bertz CT molecular complexity index is 554. The molecule has 0 aromatic carbocycles. The van der Waals surface area contributed by atoms with Gasteiger partial charge in [0.15, 0.2) is 0 Å². The van der Waals surface area contributed by atoms with Crippen molar-refractivity contribution in [2.24, 2.45) is 5.41 Å². The van der Waals surface area contributed by atoms with Gasteiger partial charge in [0.2, 0.25) is 0 Å². The third-order valence-corrected chi connectivity index (χ3v) is 7.42. The lowest BCUT2D eigenvalue weighted by molar-refractivity contribution is 0.196. The number of hydrogen-bond acceptors (Lipinski definition) is 4. The monoisotopic (exact) mass is 330 g/mol. The summed E-state index contributed by atoms with van der Waals surface area (Å²) >= 11 is 1.34. The minimum Gasteiger partial charge on any atom is -0.313 e. The molecule has 0 saturated carbocycles. The van der Waals surface area contributed by atoms with E-state index in [2.05, 4.69) is 26.1 Å². The zero-order valence-electron chi connectivity index (χ0n) is 13.2. The SMILES string of the molecule is CCCNCc1csc(S(=O)(=O)N2CCC(C)(C)CC2)c1. The van der Waals surface area contributed by atoms with Crippen LogP contribution in [-0.4, -0.2) is 32.4 Å². The van der Waals surface area contributed by atoms with E-state index in [0.29, 0.717) is 17.3 Å². The molecule has 0 spiro atoms. The second-order valence-corrected chi connectivity index (χ2v) is 9.60. The molecule has 0 radical (unpaired) electrons. The number of rotatable bonds is 6. The van der Waals surface area contributed by atoms with Crippen LogP contribution in [0.1, 0.15) is 45.6 Å². The molecular weight excluding hydrogens is 304 g/mol. The van der Waals surface area contributed by atoms with Crippen LogP contribution in [0.25, 0.3) is 0 Å². The van der Waals surface area contributed by atoms with Crippen LogP contribution in [0.2, 0.25) is 0 Å². The van der Waals surface area contributed by atoms with E-state index in [0.717, 1.165) is 37.9 Å². The molecule has 1 aliphatic heterocycles. The van der Waals surface area contributed by atoms with E-state index in [1.54, 1.807) is 4.31 Å². The number of thiophene rings is 1. The first-order valence-electron chi connectivity index (χ1n) is 7.63. The lowest BCUT2D eigenvalue weighted by Gasteiger charge is -2.35. The Labute approximate surface area is 132 Å². The van der Waals surface area contributed by atoms with Crippen molar-refractivity contribution in [3.8, 4) is 0 Å². The van der Waals surface area contributed by atoms with E-state index in [1.165, 1.54) is 11.3 Å². The van der Waals surface area contributed by atoms with Gasteiger partial charge < -0.3 is 5.32 Å². The Morgan fingerprint density at radius 1 is 1.33 bits per heavy atom. The van der Waals surface area contributed by atoms with Gasteiger partial charge in [0.05, 0.1) is 0 Å². The summed E-state index contributed by atoms with van der Waals surface area (Å²) in [5.74, 6) is 0. The van der Waals surface area contributed by atoms with Crippen molar-refractivity contribution in [3.63, 3.8) is 0 Å². The van der Waals surface area contributed by atoms with Gasteiger partial charge in [-0.25, -0.2) is 8.42 Å². The molecule has 1 aromatic rings. The summed E-state index contributed by atoms with van der Waals surface area (Å²) in [7, 11) is -3.30. The molecular formula is C15H26N2O2S2. The Morgan fingerprint density at radius 2 is 2.00 bits per heavy atom. The molecule has 120 valence electrons. The molecule has 0 aliphatic carbocycles. The number of nitrogens with one attached hydrogen (secondary N) is 1. The van der Waals surface area contributed by atoms with Crippen molar-refractivity contribution in [2.45, 2.75) is 50.8 Å². The fraction of sp³-hybridized carbons (Fsp3) is 0.733. The van der Waals surface area contributed by atoms with Gasteiger partial charge in [0, 0.05) is 19.6 Å². The van der Waals surface area contributed by atoms with Gasteiger partial charge >= 0.3 is 0 Å². The summed E-state index contributed by atoms with van der Waals surface area (Å²) in [5, 5.41) is 5.25. The third-order valence-electron chi connectivity index (χ3n) is 4.06. The highest BCUT2D eigenvalue weighted by atomic mass is 32.2. The first-order chi connectivity index (χ1) is 9.85.